The van der Waals surface area contributed by atoms with Crippen LogP contribution in [0.4, 0.5) is 11.4 Å². The maximum atomic E-state index is 6.23. The van der Waals surface area contributed by atoms with Crippen molar-refractivity contribution >= 4 is 11.4 Å². The van der Waals surface area contributed by atoms with Crippen molar-refractivity contribution in [2.75, 3.05) is 16.8 Å². The highest BCUT2D eigenvalue weighted by molar-refractivity contribution is 5.78. The molecule has 2 aliphatic rings. The first-order valence-corrected chi connectivity index (χ1v) is 7.08. The number of ether oxygens (including phenoxy) is 1. The Morgan fingerprint density at radius 3 is 2.30 bits per heavy atom. The summed E-state index contributed by atoms with van der Waals surface area (Å²) in [6.07, 6.45) is 0.456. The number of likely N-dealkylation sites (N-methyl/N-ethyl adjacent to an activating group) is 1. The predicted octanol–water partition coefficient (Wildman–Crippen LogP) is 3.39. The summed E-state index contributed by atoms with van der Waals surface area (Å²) in [7, 11) is 2.15. The number of fused-ring (bicyclic) bond motifs is 3. The molecule has 0 radical (unpaired) electrons. The van der Waals surface area contributed by atoms with Gasteiger partial charge in [0.2, 0.25) is 0 Å². The van der Waals surface area contributed by atoms with E-state index in [0.717, 1.165) is 0 Å². The zero-order valence-electron chi connectivity index (χ0n) is 11.7. The predicted molar refractivity (Wildman–Crippen MR) is 80.8 cm³/mol. The summed E-state index contributed by atoms with van der Waals surface area (Å²) in [5.74, 6) is 0. The van der Waals surface area contributed by atoms with Crippen LogP contribution in [0.2, 0.25) is 0 Å². The molecule has 3 unspecified atom stereocenters. The van der Waals surface area contributed by atoms with Crippen LogP contribution in [0.25, 0.3) is 0 Å². The van der Waals surface area contributed by atoms with Crippen molar-refractivity contribution in [3.8, 4) is 0 Å². The minimum atomic E-state index is 0.00213. The smallest absolute Gasteiger partial charge is 0.158 e. The third-order valence-corrected chi connectivity index (χ3v) is 4.32. The van der Waals surface area contributed by atoms with E-state index in [1.54, 1.807) is 0 Å². The average Bonchev–Trinajstić information content (AvgIpc) is 2.98. The number of rotatable bonds is 1. The molecule has 3 heteroatoms. The Kier molecular flexibility index (Phi) is 2.51. The molecule has 3 atom stereocenters. The molecule has 0 aromatic heterocycles. The van der Waals surface area contributed by atoms with Crippen LogP contribution in [0.3, 0.4) is 0 Å². The topological polar surface area (TPSA) is 15.7 Å². The molecule has 1 saturated heterocycles. The van der Waals surface area contributed by atoms with Crippen molar-refractivity contribution in [2.24, 2.45) is 0 Å². The lowest BCUT2D eigenvalue weighted by atomic mass is 10.1. The highest BCUT2D eigenvalue weighted by Crippen LogP contribution is 2.49. The summed E-state index contributed by atoms with van der Waals surface area (Å²) >= 11 is 0. The van der Waals surface area contributed by atoms with E-state index >= 15 is 0 Å². The molecular formula is C17H18N2O. The summed E-state index contributed by atoms with van der Waals surface area (Å²) in [4.78, 5) is 4.72. The number of nitrogens with zero attached hydrogens (tertiary/aromatic N) is 2. The third kappa shape index (κ3) is 1.50. The van der Waals surface area contributed by atoms with Gasteiger partial charge in [-0.1, -0.05) is 42.5 Å². The van der Waals surface area contributed by atoms with Crippen molar-refractivity contribution < 1.29 is 4.74 Å². The largest absolute Gasteiger partial charge is 0.350 e. The Hall–Kier alpha value is -2.00. The SMILES string of the molecule is CC1OC(c2ccccc2)N2c3ccccc3N(C)C12. The fourth-order valence-electron chi connectivity index (χ4n) is 3.45. The zero-order chi connectivity index (χ0) is 13.7. The molecule has 1 fully saturated rings. The first-order chi connectivity index (χ1) is 9.77. The zero-order valence-corrected chi connectivity index (χ0v) is 11.7. The summed E-state index contributed by atoms with van der Waals surface area (Å²) < 4.78 is 6.23. The minimum absolute atomic E-state index is 0.00213. The second-order valence-corrected chi connectivity index (χ2v) is 5.52. The molecule has 102 valence electrons. The molecule has 0 bridgehead atoms. The molecule has 20 heavy (non-hydrogen) atoms. The summed E-state index contributed by atoms with van der Waals surface area (Å²) in [5, 5.41) is 0. The maximum absolute atomic E-state index is 6.23. The Labute approximate surface area is 119 Å². The van der Waals surface area contributed by atoms with Gasteiger partial charge in [0.15, 0.2) is 6.23 Å². The molecule has 0 aliphatic carbocycles. The third-order valence-electron chi connectivity index (χ3n) is 4.32. The molecule has 0 spiro atoms. The van der Waals surface area contributed by atoms with Gasteiger partial charge in [0, 0.05) is 12.6 Å². The molecule has 0 N–H and O–H groups in total. The van der Waals surface area contributed by atoms with Gasteiger partial charge in [-0.25, -0.2) is 0 Å². The fourth-order valence-corrected chi connectivity index (χ4v) is 3.45. The first-order valence-electron chi connectivity index (χ1n) is 7.08. The van der Waals surface area contributed by atoms with Crippen molar-refractivity contribution in [1.29, 1.82) is 0 Å². The van der Waals surface area contributed by atoms with Crippen LogP contribution in [-0.2, 0) is 4.74 Å². The Morgan fingerprint density at radius 1 is 0.900 bits per heavy atom. The molecule has 0 saturated carbocycles. The molecule has 2 aromatic rings. The van der Waals surface area contributed by atoms with Crippen LogP contribution in [0, 0.1) is 0 Å². The Balaban J connectivity index is 1.82. The van der Waals surface area contributed by atoms with Crippen molar-refractivity contribution in [2.45, 2.75) is 25.4 Å². The first kappa shape index (κ1) is 11.8. The van der Waals surface area contributed by atoms with Gasteiger partial charge >= 0.3 is 0 Å². The van der Waals surface area contributed by atoms with Gasteiger partial charge in [-0.3, -0.25) is 0 Å². The standard InChI is InChI=1S/C17H18N2O/c1-12-16-18(2)14-10-6-7-11-15(14)19(16)17(20-12)13-8-4-3-5-9-13/h3-12,16-17H,1-2H3. The lowest BCUT2D eigenvalue weighted by molar-refractivity contribution is 0.0517. The van der Waals surface area contributed by atoms with Crippen molar-refractivity contribution in [3.05, 3.63) is 60.2 Å². The van der Waals surface area contributed by atoms with Gasteiger partial charge in [0.1, 0.15) is 6.17 Å². The maximum Gasteiger partial charge on any atom is 0.158 e. The van der Waals surface area contributed by atoms with Crippen molar-refractivity contribution in [1.82, 2.24) is 0 Å². The molecule has 2 aliphatic heterocycles. The number of para-hydroxylation sites is 2. The van der Waals surface area contributed by atoms with Crippen LogP contribution in [-0.4, -0.2) is 19.3 Å². The van der Waals surface area contributed by atoms with Crippen LogP contribution < -0.4 is 9.80 Å². The molecular weight excluding hydrogens is 248 g/mol. The van der Waals surface area contributed by atoms with Gasteiger partial charge in [-0.15, -0.1) is 0 Å². The van der Waals surface area contributed by atoms with Gasteiger partial charge in [0.05, 0.1) is 17.5 Å². The van der Waals surface area contributed by atoms with Crippen LogP contribution in [0.5, 0.6) is 0 Å². The monoisotopic (exact) mass is 266 g/mol. The van der Waals surface area contributed by atoms with Gasteiger partial charge in [0.25, 0.3) is 0 Å². The normalized spacial score (nSPS) is 27.6. The lowest BCUT2D eigenvalue weighted by Gasteiger charge is -2.27. The van der Waals surface area contributed by atoms with E-state index in [0.29, 0.717) is 0 Å². The minimum Gasteiger partial charge on any atom is -0.350 e. The summed E-state index contributed by atoms with van der Waals surface area (Å²) in [5.41, 5.74) is 3.76. The number of benzene rings is 2. The lowest BCUT2D eigenvalue weighted by Crippen LogP contribution is -2.42. The average molecular weight is 266 g/mol. The number of hydrogen-bond donors (Lipinski definition) is 0. The van der Waals surface area contributed by atoms with Gasteiger partial charge in [-0.05, 0) is 19.1 Å². The van der Waals surface area contributed by atoms with Crippen LogP contribution in [0.1, 0.15) is 18.7 Å². The fraction of sp³-hybridized carbons (Fsp3) is 0.294. The summed E-state index contributed by atoms with van der Waals surface area (Å²) in [6, 6.07) is 19.0. The highest BCUT2D eigenvalue weighted by Gasteiger charge is 2.48. The molecule has 2 heterocycles. The van der Waals surface area contributed by atoms with Gasteiger partial charge < -0.3 is 14.5 Å². The van der Waals surface area contributed by atoms with Crippen molar-refractivity contribution in [3.63, 3.8) is 0 Å². The number of hydrogen-bond acceptors (Lipinski definition) is 3. The Morgan fingerprint density at radius 2 is 1.55 bits per heavy atom. The van der Waals surface area contributed by atoms with Gasteiger partial charge in [-0.2, -0.15) is 0 Å². The summed E-state index contributed by atoms with van der Waals surface area (Å²) in [6.45, 7) is 2.16. The molecule has 0 amide bonds. The van der Waals surface area contributed by atoms with E-state index in [2.05, 4.69) is 72.3 Å². The second kappa shape index (κ2) is 4.25. The highest BCUT2D eigenvalue weighted by atomic mass is 16.5. The van der Waals surface area contributed by atoms with E-state index in [4.69, 9.17) is 4.74 Å². The molecule has 2 aromatic carbocycles. The van der Waals surface area contributed by atoms with E-state index in [1.807, 2.05) is 6.07 Å². The number of anilines is 2. The quantitative estimate of drug-likeness (QED) is 0.787. The molecule has 4 rings (SSSR count). The Bertz CT molecular complexity index is 628. The second-order valence-electron chi connectivity index (χ2n) is 5.52. The van der Waals surface area contributed by atoms with E-state index in [1.165, 1.54) is 16.9 Å². The van der Waals surface area contributed by atoms with E-state index in [-0.39, 0.29) is 18.5 Å². The van der Waals surface area contributed by atoms with E-state index in [9.17, 15) is 0 Å². The van der Waals surface area contributed by atoms with E-state index < -0.39 is 0 Å². The van der Waals surface area contributed by atoms with Crippen LogP contribution >= 0.6 is 0 Å². The van der Waals surface area contributed by atoms with Crippen LogP contribution in [0.15, 0.2) is 54.6 Å². The molecule has 3 nitrogen and oxygen atoms in total.